The number of nitrogens with zero attached hydrogens (tertiary/aromatic N) is 3. The van der Waals surface area contributed by atoms with Gasteiger partial charge in [0.15, 0.2) is 0 Å². The van der Waals surface area contributed by atoms with E-state index in [4.69, 9.17) is 9.40 Å². The highest BCUT2D eigenvalue weighted by atomic mass is 32.1. The minimum absolute atomic E-state index is 0.0383. The maximum Gasteiger partial charge on any atom is 0.246 e. The van der Waals surface area contributed by atoms with Crippen LogP contribution in [0.2, 0.25) is 0 Å². The van der Waals surface area contributed by atoms with Gasteiger partial charge in [-0.3, -0.25) is 9.69 Å². The van der Waals surface area contributed by atoms with E-state index in [2.05, 4.69) is 30.0 Å². The fourth-order valence-electron chi connectivity index (χ4n) is 3.36. The summed E-state index contributed by atoms with van der Waals surface area (Å²) in [7, 11) is 0. The van der Waals surface area contributed by atoms with Gasteiger partial charge in [-0.05, 0) is 44.2 Å². The molecule has 1 aliphatic rings. The topological polar surface area (TPSA) is 49.6 Å². The minimum Gasteiger partial charge on any atom is -0.462 e. The summed E-state index contributed by atoms with van der Waals surface area (Å²) in [6, 6.07) is 12.3. The van der Waals surface area contributed by atoms with Crippen molar-refractivity contribution in [2.45, 2.75) is 19.9 Å². The van der Waals surface area contributed by atoms with Crippen molar-refractivity contribution in [3.8, 4) is 0 Å². The maximum absolute atomic E-state index is 12.4. The number of para-hydroxylation sites is 1. The largest absolute Gasteiger partial charge is 0.462 e. The number of furan rings is 1. The molecule has 1 atom stereocenters. The highest BCUT2D eigenvalue weighted by Gasteiger charge is 2.25. The predicted molar refractivity (Wildman–Crippen MR) is 109 cm³/mol. The Bertz CT molecular complexity index is 934. The van der Waals surface area contributed by atoms with Gasteiger partial charge in [0.2, 0.25) is 5.91 Å². The molecular weight excluding hydrogens is 358 g/mol. The zero-order valence-corrected chi connectivity index (χ0v) is 16.4. The molecule has 0 aliphatic carbocycles. The molecular formula is C21H23N3O2S. The van der Waals surface area contributed by atoms with Gasteiger partial charge < -0.3 is 9.32 Å². The molecule has 1 saturated heterocycles. The first-order valence-electron chi connectivity index (χ1n) is 9.23. The Morgan fingerprint density at radius 3 is 2.67 bits per heavy atom. The highest BCUT2D eigenvalue weighted by Crippen LogP contribution is 2.29. The summed E-state index contributed by atoms with van der Waals surface area (Å²) in [5, 5.41) is 1.14. The van der Waals surface area contributed by atoms with E-state index < -0.39 is 0 Å². The standard InChI is InChI=1S/C21H23N3O2S/c1-15-7-8-17(26-15)9-10-20(25)24-13-11-23(12-14-24)16(2)21-22-18-5-3-4-6-19(18)27-21/h3-10,16H,11-14H2,1-2H3. The fourth-order valence-corrected chi connectivity index (χ4v) is 4.41. The van der Waals surface area contributed by atoms with Gasteiger partial charge >= 0.3 is 0 Å². The number of hydrogen-bond acceptors (Lipinski definition) is 5. The molecule has 6 heteroatoms. The number of fused-ring (bicyclic) bond motifs is 1. The zero-order valence-electron chi connectivity index (χ0n) is 15.6. The molecule has 1 aliphatic heterocycles. The molecule has 1 aromatic carbocycles. The number of rotatable bonds is 4. The molecule has 140 valence electrons. The van der Waals surface area contributed by atoms with E-state index in [9.17, 15) is 4.79 Å². The number of carbonyl (C=O) groups is 1. The molecule has 1 fully saturated rings. The lowest BCUT2D eigenvalue weighted by molar-refractivity contribution is -0.127. The molecule has 3 aromatic rings. The molecule has 1 amide bonds. The molecule has 0 radical (unpaired) electrons. The Morgan fingerprint density at radius 1 is 1.19 bits per heavy atom. The lowest BCUT2D eigenvalue weighted by Crippen LogP contribution is -2.48. The monoisotopic (exact) mass is 381 g/mol. The normalized spacial score (nSPS) is 17.0. The van der Waals surface area contributed by atoms with Crippen molar-refractivity contribution < 1.29 is 9.21 Å². The van der Waals surface area contributed by atoms with Crippen molar-refractivity contribution in [2.75, 3.05) is 26.2 Å². The van der Waals surface area contributed by atoms with Crippen LogP contribution in [0.3, 0.4) is 0 Å². The lowest BCUT2D eigenvalue weighted by Gasteiger charge is -2.37. The van der Waals surface area contributed by atoms with E-state index in [-0.39, 0.29) is 11.9 Å². The summed E-state index contributed by atoms with van der Waals surface area (Å²) in [6.45, 7) is 7.28. The lowest BCUT2D eigenvalue weighted by atomic mass is 10.2. The highest BCUT2D eigenvalue weighted by molar-refractivity contribution is 7.18. The van der Waals surface area contributed by atoms with Crippen LogP contribution in [0.1, 0.15) is 29.5 Å². The van der Waals surface area contributed by atoms with Crippen molar-refractivity contribution >= 4 is 33.5 Å². The van der Waals surface area contributed by atoms with Crippen LogP contribution in [0.25, 0.3) is 16.3 Å². The number of benzene rings is 1. The Labute approximate surface area is 162 Å². The Kier molecular flexibility index (Phi) is 5.09. The summed E-state index contributed by atoms with van der Waals surface area (Å²) >= 11 is 1.76. The molecule has 0 N–H and O–H groups in total. The summed E-state index contributed by atoms with van der Waals surface area (Å²) in [5.41, 5.74) is 1.07. The van der Waals surface area contributed by atoms with E-state index in [1.165, 1.54) is 4.70 Å². The van der Waals surface area contributed by atoms with E-state index in [0.717, 1.165) is 42.5 Å². The predicted octanol–water partition coefficient (Wildman–Crippen LogP) is 4.12. The second-order valence-corrected chi connectivity index (χ2v) is 7.90. The average molecular weight is 382 g/mol. The molecule has 4 rings (SSSR count). The summed E-state index contributed by atoms with van der Waals surface area (Å²) in [5.74, 6) is 1.60. The number of amides is 1. The van der Waals surface area contributed by atoms with Crippen LogP contribution in [-0.4, -0.2) is 46.9 Å². The minimum atomic E-state index is 0.0383. The Balaban J connectivity index is 1.35. The van der Waals surface area contributed by atoms with Crippen LogP contribution in [-0.2, 0) is 4.79 Å². The number of aryl methyl sites for hydroxylation is 1. The van der Waals surface area contributed by atoms with Gasteiger partial charge in [-0.1, -0.05) is 12.1 Å². The van der Waals surface area contributed by atoms with E-state index in [1.54, 1.807) is 23.5 Å². The zero-order chi connectivity index (χ0) is 18.8. The number of piperazine rings is 1. The van der Waals surface area contributed by atoms with Gasteiger partial charge in [0.1, 0.15) is 16.5 Å². The fraction of sp³-hybridized carbons (Fsp3) is 0.333. The van der Waals surface area contributed by atoms with Crippen LogP contribution >= 0.6 is 11.3 Å². The van der Waals surface area contributed by atoms with E-state index in [0.29, 0.717) is 5.76 Å². The molecule has 0 bridgehead atoms. The molecule has 0 saturated carbocycles. The van der Waals surface area contributed by atoms with Gasteiger partial charge in [0.25, 0.3) is 0 Å². The molecule has 1 unspecified atom stereocenters. The van der Waals surface area contributed by atoms with Crippen LogP contribution < -0.4 is 0 Å². The third-order valence-corrected chi connectivity index (χ3v) is 6.20. The van der Waals surface area contributed by atoms with Gasteiger partial charge in [-0.25, -0.2) is 4.98 Å². The van der Waals surface area contributed by atoms with Crippen molar-refractivity contribution in [1.29, 1.82) is 0 Å². The van der Waals surface area contributed by atoms with E-state index in [1.807, 2.05) is 30.0 Å². The first kappa shape index (κ1) is 17.9. The average Bonchev–Trinajstić information content (AvgIpc) is 3.31. The summed E-state index contributed by atoms with van der Waals surface area (Å²) in [6.07, 6.45) is 3.34. The van der Waals surface area contributed by atoms with Crippen LogP contribution in [0.5, 0.6) is 0 Å². The SMILES string of the molecule is Cc1ccc(C=CC(=O)N2CCN(C(C)c3nc4ccccc4s3)CC2)o1. The van der Waals surface area contributed by atoms with Gasteiger partial charge in [-0.2, -0.15) is 0 Å². The molecule has 0 spiro atoms. The number of thiazole rings is 1. The Morgan fingerprint density at radius 2 is 1.96 bits per heavy atom. The quantitative estimate of drug-likeness (QED) is 0.638. The first-order valence-corrected chi connectivity index (χ1v) is 10.0. The first-order chi connectivity index (χ1) is 13.1. The summed E-state index contributed by atoms with van der Waals surface area (Å²) < 4.78 is 6.70. The third-order valence-electron chi connectivity index (χ3n) is 4.99. The Hall–Kier alpha value is -2.44. The molecule has 2 aromatic heterocycles. The van der Waals surface area contributed by atoms with Crippen molar-refractivity contribution in [1.82, 2.24) is 14.8 Å². The summed E-state index contributed by atoms with van der Waals surface area (Å²) in [4.78, 5) is 21.5. The molecule has 3 heterocycles. The third kappa shape index (κ3) is 3.96. The second kappa shape index (κ2) is 7.66. The number of hydrogen-bond donors (Lipinski definition) is 0. The van der Waals surface area contributed by atoms with Crippen molar-refractivity contribution in [3.05, 3.63) is 59.0 Å². The van der Waals surface area contributed by atoms with Crippen molar-refractivity contribution in [2.24, 2.45) is 0 Å². The van der Waals surface area contributed by atoms with Crippen LogP contribution in [0.15, 0.2) is 46.9 Å². The maximum atomic E-state index is 12.4. The van der Waals surface area contributed by atoms with Gasteiger partial charge in [0, 0.05) is 32.3 Å². The molecule has 5 nitrogen and oxygen atoms in total. The van der Waals surface area contributed by atoms with Crippen molar-refractivity contribution in [3.63, 3.8) is 0 Å². The van der Waals surface area contributed by atoms with Gasteiger partial charge in [0.05, 0.1) is 16.3 Å². The second-order valence-electron chi connectivity index (χ2n) is 6.84. The van der Waals surface area contributed by atoms with E-state index >= 15 is 0 Å². The van der Waals surface area contributed by atoms with Gasteiger partial charge in [-0.15, -0.1) is 11.3 Å². The molecule has 27 heavy (non-hydrogen) atoms. The van der Waals surface area contributed by atoms with Crippen LogP contribution in [0, 0.1) is 6.92 Å². The number of carbonyl (C=O) groups excluding carboxylic acids is 1. The smallest absolute Gasteiger partial charge is 0.246 e. The number of aromatic nitrogens is 1. The van der Waals surface area contributed by atoms with Crippen LogP contribution in [0.4, 0.5) is 0 Å².